The molecule has 0 unspecified atom stereocenters. The van der Waals surface area contributed by atoms with Crippen molar-refractivity contribution < 1.29 is 39.2 Å². The minimum absolute atomic E-state index is 0.0508. The van der Waals surface area contributed by atoms with Crippen LogP contribution in [0.25, 0.3) is 11.1 Å². The lowest BCUT2D eigenvalue weighted by Gasteiger charge is -2.36. The summed E-state index contributed by atoms with van der Waals surface area (Å²) < 4.78 is 12.9. The molecule has 10 nitrogen and oxygen atoms in total. The van der Waals surface area contributed by atoms with Crippen LogP contribution in [0.15, 0.2) is 96.2 Å². The summed E-state index contributed by atoms with van der Waals surface area (Å²) >= 11 is 1.34. The number of carboxylic acid groups (broad SMARTS) is 2. The van der Waals surface area contributed by atoms with Gasteiger partial charge in [-0.25, -0.2) is 9.78 Å². The number of thioether (sulfide) groups is 1. The summed E-state index contributed by atoms with van der Waals surface area (Å²) in [4.78, 5) is 39.1. The molecular weight excluding hydrogens is 644 g/mol. The number of aromatic carboxylic acids is 1. The molecule has 4 aromatic rings. The molecule has 1 aliphatic heterocycles. The van der Waals surface area contributed by atoms with Gasteiger partial charge in [-0.1, -0.05) is 79.2 Å². The van der Waals surface area contributed by atoms with E-state index < -0.39 is 18.2 Å². The minimum Gasteiger partial charge on any atom is -0.481 e. The van der Waals surface area contributed by atoms with Gasteiger partial charge in [-0.3, -0.25) is 9.59 Å². The van der Waals surface area contributed by atoms with Crippen LogP contribution in [0.4, 0.5) is 0 Å². The largest absolute Gasteiger partial charge is 0.481 e. The number of pyridine rings is 1. The standard InChI is InChI=1S/C38H40N2O8S/c41-23-25-12-14-27(15-13-25)33-21-30(24-49-36-32(37(45)46)9-6-20-39-36)47-38(48-33)28-18-16-26(17-19-28)31-8-5-4-7-29(31)22-40-34(42)10-2-1-3-11-35(43)44/h4-9,12-20,30,33,38,41H,1-3,10-11,21-24H2,(H,40,42)(H,43,44)(H,45,46)/t30-,33+,38+/m1/s1. The van der Waals surface area contributed by atoms with E-state index >= 15 is 0 Å². The summed E-state index contributed by atoms with van der Waals surface area (Å²) in [5, 5.41) is 31.3. The van der Waals surface area contributed by atoms with Crippen LogP contribution < -0.4 is 5.32 Å². The molecule has 1 amide bonds. The average molecular weight is 685 g/mol. The number of hydrogen-bond donors (Lipinski definition) is 4. The van der Waals surface area contributed by atoms with Gasteiger partial charge >= 0.3 is 11.9 Å². The number of aromatic nitrogens is 1. The first-order chi connectivity index (χ1) is 23.8. The number of aliphatic carboxylic acids is 1. The van der Waals surface area contributed by atoms with E-state index in [4.69, 9.17) is 14.6 Å². The first-order valence-corrected chi connectivity index (χ1v) is 17.3. The molecule has 1 fully saturated rings. The molecule has 2 heterocycles. The first kappa shape index (κ1) is 35.7. The number of nitrogens with one attached hydrogen (secondary N) is 1. The van der Waals surface area contributed by atoms with E-state index in [0.717, 1.165) is 33.4 Å². The number of benzene rings is 3. The third-order valence-corrected chi connectivity index (χ3v) is 9.44. The van der Waals surface area contributed by atoms with Gasteiger partial charge < -0.3 is 30.1 Å². The number of aliphatic hydroxyl groups excluding tert-OH is 1. The summed E-state index contributed by atoms with van der Waals surface area (Å²) in [5.74, 6) is -1.44. The highest BCUT2D eigenvalue weighted by Crippen LogP contribution is 2.40. The van der Waals surface area contributed by atoms with E-state index in [1.54, 1.807) is 12.3 Å². The van der Waals surface area contributed by atoms with Gasteiger partial charge in [-0.15, -0.1) is 11.8 Å². The number of hydrogen-bond acceptors (Lipinski definition) is 8. The van der Waals surface area contributed by atoms with E-state index in [-0.39, 0.29) is 36.7 Å². The Morgan fingerprint density at radius 3 is 2.31 bits per heavy atom. The number of carboxylic acids is 2. The number of carbonyl (C=O) groups excluding carboxylic acids is 1. The normalized spacial score (nSPS) is 17.4. The first-order valence-electron chi connectivity index (χ1n) is 16.3. The van der Waals surface area contributed by atoms with E-state index in [1.807, 2.05) is 72.8 Å². The molecule has 3 aromatic carbocycles. The molecule has 4 N–H and O–H groups in total. The summed E-state index contributed by atoms with van der Waals surface area (Å²) in [6, 6.07) is 26.6. The van der Waals surface area contributed by atoms with Crippen LogP contribution in [-0.4, -0.2) is 50.0 Å². The van der Waals surface area contributed by atoms with Gasteiger partial charge in [0.05, 0.1) is 24.4 Å². The number of carbonyl (C=O) groups is 3. The predicted molar refractivity (Wildman–Crippen MR) is 185 cm³/mol. The van der Waals surface area contributed by atoms with Gasteiger partial charge in [0.1, 0.15) is 5.03 Å². The number of rotatable bonds is 16. The van der Waals surface area contributed by atoms with Crippen molar-refractivity contribution >= 4 is 29.6 Å². The van der Waals surface area contributed by atoms with E-state index in [2.05, 4.69) is 10.3 Å². The molecule has 0 spiro atoms. The smallest absolute Gasteiger partial charge is 0.338 e. The predicted octanol–water partition coefficient (Wildman–Crippen LogP) is 6.93. The minimum atomic E-state index is -1.03. The highest BCUT2D eigenvalue weighted by molar-refractivity contribution is 7.99. The van der Waals surface area contributed by atoms with Crippen LogP contribution in [0.1, 0.15) is 83.5 Å². The highest BCUT2D eigenvalue weighted by Gasteiger charge is 2.32. The molecule has 0 bridgehead atoms. The molecule has 0 radical (unpaired) electrons. The van der Waals surface area contributed by atoms with Crippen molar-refractivity contribution in [3.63, 3.8) is 0 Å². The lowest BCUT2D eigenvalue weighted by molar-refractivity contribution is -0.245. The highest BCUT2D eigenvalue weighted by atomic mass is 32.2. The summed E-state index contributed by atoms with van der Waals surface area (Å²) in [6.45, 7) is 0.321. The number of unbranched alkanes of at least 4 members (excludes halogenated alkanes) is 2. The fourth-order valence-corrected chi connectivity index (χ4v) is 6.66. The topological polar surface area (TPSA) is 155 Å². The number of aliphatic hydroxyl groups is 1. The van der Waals surface area contributed by atoms with Crippen molar-refractivity contribution in [1.82, 2.24) is 10.3 Å². The van der Waals surface area contributed by atoms with Crippen molar-refractivity contribution in [2.24, 2.45) is 0 Å². The molecule has 3 atom stereocenters. The second kappa shape index (κ2) is 17.7. The van der Waals surface area contributed by atoms with Gasteiger partial charge in [-0.05, 0) is 52.8 Å². The van der Waals surface area contributed by atoms with Crippen LogP contribution in [0.3, 0.4) is 0 Å². The van der Waals surface area contributed by atoms with Crippen molar-refractivity contribution in [3.8, 4) is 11.1 Å². The molecule has 1 saturated heterocycles. The maximum absolute atomic E-state index is 12.4. The zero-order chi connectivity index (χ0) is 34.6. The Bertz CT molecular complexity index is 1710. The monoisotopic (exact) mass is 684 g/mol. The molecule has 49 heavy (non-hydrogen) atoms. The van der Waals surface area contributed by atoms with Crippen LogP contribution >= 0.6 is 11.8 Å². The number of ether oxygens (including phenoxy) is 2. The maximum Gasteiger partial charge on any atom is 0.338 e. The van der Waals surface area contributed by atoms with Crippen molar-refractivity contribution in [2.75, 3.05) is 5.75 Å². The van der Waals surface area contributed by atoms with Crippen molar-refractivity contribution in [3.05, 3.63) is 119 Å². The molecule has 256 valence electrons. The quantitative estimate of drug-likeness (QED) is 0.0721. The van der Waals surface area contributed by atoms with Gasteiger partial charge in [0.25, 0.3) is 0 Å². The van der Waals surface area contributed by atoms with E-state index in [9.17, 15) is 24.6 Å². The molecule has 11 heteroatoms. The Morgan fingerprint density at radius 2 is 1.57 bits per heavy atom. The fourth-order valence-electron chi connectivity index (χ4n) is 5.66. The van der Waals surface area contributed by atoms with E-state index in [0.29, 0.717) is 49.4 Å². The summed E-state index contributed by atoms with van der Waals surface area (Å²) in [5.41, 5.74) is 5.67. The Labute approximate surface area is 289 Å². The lowest BCUT2D eigenvalue weighted by Crippen LogP contribution is -2.31. The second-order valence-corrected chi connectivity index (χ2v) is 12.8. The SMILES string of the molecule is O=C(O)CCCCCC(=O)NCc1ccccc1-c1ccc([C@H]2O[C@@H](CSc3ncccc3C(=O)O)C[C@@H](c3ccc(CO)cc3)O2)cc1. The second-order valence-electron chi connectivity index (χ2n) is 11.8. The molecule has 0 aliphatic carbocycles. The van der Waals surface area contributed by atoms with Gasteiger partial charge in [0.15, 0.2) is 6.29 Å². The molecule has 0 saturated carbocycles. The van der Waals surface area contributed by atoms with Crippen LogP contribution in [0, 0.1) is 0 Å². The Kier molecular flexibility index (Phi) is 12.9. The van der Waals surface area contributed by atoms with Crippen LogP contribution in [0.5, 0.6) is 0 Å². The van der Waals surface area contributed by atoms with E-state index in [1.165, 1.54) is 17.8 Å². The van der Waals surface area contributed by atoms with Crippen molar-refractivity contribution in [2.45, 2.75) is 75.2 Å². The lowest BCUT2D eigenvalue weighted by atomic mass is 9.97. The van der Waals surface area contributed by atoms with Crippen LogP contribution in [-0.2, 0) is 32.2 Å². The maximum atomic E-state index is 12.4. The Hall–Kier alpha value is -4.55. The Balaban J connectivity index is 1.27. The average Bonchev–Trinajstić information content (AvgIpc) is 3.13. The Morgan fingerprint density at radius 1 is 0.837 bits per heavy atom. The number of nitrogens with zero attached hydrogens (tertiary/aromatic N) is 1. The fraction of sp³-hybridized carbons (Fsp3) is 0.316. The van der Waals surface area contributed by atoms with Crippen LogP contribution in [0.2, 0.25) is 0 Å². The summed E-state index contributed by atoms with van der Waals surface area (Å²) in [7, 11) is 0. The van der Waals surface area contributed by atoms with Gasteiger partial charge in [-0.2, -0.15) is 0 Å². The molecule has 5 rings (SSSR count). The number of amides is 1. The van der Waals surface area contributed by atoms with Gasteiger partial charge in [0, 0.05) is 43.3 Å². The zero-order valence-corrected chi connectivity index (χ0v) is 27.8. The van der Waals surface area contributed by atoms with Gasteiger partial charge in [0.2, 0.25) is 5.91 Å². The molecular formula is C38H40N2O8S. The molecule has 1 aliphatic rings. The third kappa shape index (κ3) is 10.2. The van der Waals surface area contributed by atoms with Crippen molar-refractivity contribution in [1.29, 1.82) is 0 Å². The zero-order valence-electron chi connectivity index (χ0n) is 27.0. The third-order valence-electron chi connectivity index (χ3n) is 8.30. The molecule has 1 aromatic heterocycles. The summed E-state index contributed by atoms with van der Waals surface area (Å²) in [6.07, 6.45) is 3.28.